The van der Waals surface area contributed by atoms with Crippen LogP contribution in [0.1, 0.15) is 24.0 Å². The topological polar surface area (TPSA) is 51.8 Å². The van der Waals surface area contributed by atoms with E-state index in [4.69, 9.17) is 5.73 Å². The first-order chi connectivity index (χ1) is 9.10. The molecule has 0 saturated heterocycles. The number of halogens is 1. The summed E-state index contributed by atoms with van der Waals surface area (Å²) in [5.41, 5.74) is 7.96. The molecule has 1 heterocycles. The van der Waals surface area contributed by atoms with Gasteiger partial charge in [-0.05, 0) is 37.6 Å². The van der Waals surface area contributed by atoms with Crippen LogP contribution in [0.4, 0.5) is 5.82 Å². The highest BCUT2D eigenvalue weighted by atomic mass is 79.9. The Morgan fingerprint density at radius 3 is 2.53 bits per heavy atom. The molecule has 100 valence electrons. The Balaban J connectivity index is 2.11. The predicted molar refractivity (Wildman–Crippen MR) is 84.3 cm³/mol. The fourth-order valence-electron chi connectivity index (χ4n) is 1.72. The number of hydrogen-bond acceptors (Lipinski definition) is 4. The standard InChI is InChI=1S/C14H16BrN3S/c1-3-12-9(2)14(16)18-13(17-12)8-19-11-6-4-10(15)5-7-11/h4-7H,3,8H2,1-2H3,(H2,16,17,18). The third kappa shape index (κ3) is 3.70. The lowest BCUT2D eigenvalue weighted by molar-refractivity contribution is 0.924. The van der Waals surface area contributed by atoms with E-state index in [2.05, 4.69) is 45.0 Å². The molecule has 2 aromatic rings. The number of aryl methyl sites for hydroxylation is 1. The van der Waals surface area contributed by atoms with Gasteiger partial charge in [0.05, 0.1) is 5.75 Å². The molecule has 1 aromatic heterocycles. The van der Waals surface area contributed by atoms with Crippen LogP contribution in [0, 0.1) is 6.92 Å². The SMILES string of the molecule is CCc1nc(CSc2ccc(Br)cc2)nc(N)c1C. The molecule has 0 atom stereocenters. The highest BCUT2D eigenvalue weighted by molar-refractivity contribution is 9.10. The van der Waals surface area contributed by atoms with E-state index in [-0.39, 0.29) is 0 Å². The van der Waals surface area contributed by atoms with Crippen LogP contribution in [0.2, 0.25) is 0 Å². The van der Waals surface area contributed by atoms with E-state index >= 15 is 0 Å². The van der Waals surface area contributed by atoms with Crippen molar-refractivity contribution in [2.45, 2.75) is 30.9 Å². The molecule has 0 aliphatic rings. The van der Waals surface area contributed by atoms with E-state index in [9.17, 15) is 0 Å². The number of nitrogen functional groups attached to an aromatic ring is 1. The minimum atomic E-state index is 0.596. The fourth-order valence-corrected chi connectivity index (χ4v) is 2.74. The number of nitrogens with zero attached hydrogens (tertiary/aromatic N) is 2. The van der Waals surface area contributed by atoms with Crippen molar-refractivity contribution in [2.75, 3.05) is 5.73 Å². The van der Waals surface area contributed by atoms with Crippen LogP contribution in [-0.4, -0.2) is 9.97 Å². The summed E-state index contributed by atoms with van der Waals surface area (Å²) in [6, 6.07) is 8.22. The second-order valence-corrected chi connectivity index (χ2v) is 6.16. The number of rotatable bonds is 4. The second-order valence-electron chi connectivity index (χ2n) is 4.19. The van der Waals surface area contributed by atoms with Gasteiger partial charge < -0.3 is 5.73 Å². The van der Waals surface area contributed by atoms with E-state index in [0.717, 1.165) is 33.7 Å². The Morgan fingerprint density at radius 2 is 1.89 bits per heavy atom. The van der Waals surface area contributed by atoms with Crippen molar-refractivity contribution in [1.82, 2.24) is 9.97 Å². The van der Waals surface area contributed by atoms with E-state index in [1.54, 1.807) is 11.8 Å². The zero-order valence-electron chi connectivity index (χ0n) is 11.0. The summed E-state index contributed by atoms with van der Waals surface area (Å²) >= 11 is 5.14. The Bertz CT molecular complexity index is 570. The first-order valence-electron chi connectivity index (χ1n) is 6.10. The van der Waals surface area contributed by atoms with Gasteiger partial charge in [0.1, 0.15) is 11.6 Å². The smallest absolute Gasteiger partial charge is 0.141 e. The zero-order chi connectivity index (χ0) is 13.8. The van der Waals surface area contributed by atoms with Crippen molar-refractivity contribution >= 4 is 33.5 Å². The number of hydrogen-bond donors (Lipinski definition) is 1. The molecule has 0 amide bonds. The molecule has 0 spiro atoms. The van der Waals surface area contributed by atoms with Crippen LogP contribution in [-0.2, 0) is 12.2 Å². The summed E-state index contributed by atoms with van der Waals surface area (Å²) in [4.78, 5) is 10.1. The number of aromatic nitrogens is 2. The Kier molecular flexibility index (Phi) is 4.82. The normalized spacial score (nSPS) is 10.7. The summed E-state index contributed by atoms with van der Waals surface area (Å²) in [7, 11) is 0. The lowest BCUT2D eigenvalue weighted by Crippen LogP contribution is -2.05. The average Bonchev–Trinajstić information content (AvgIpc) is 2.41. The van der Waals surface area contributed by atoms with E-state index in [1.807, 2.05) is 19.1 Å². The Labute approximate surface area is 126 Å². The van der Waals surface area contributed by atoms with Gasteiger partial charge in [0.15, 0.2) is 0 Å². The maximum Gasteiger partial charge on any atom is 0.141 e. The largest absolute Gasteiger partial charge is 0.383 e. The molecule has 0 unspecified atom stereocenters. The molecule has 2 rings (SSSR count). The van der Waals surface area contributed by atoms with Crippen LogP contribution in [0.5, 0.6) is 0 Å². The maximum atomic E-state index is 5.92. The molecule has 0 aliphatic heterocycles. The molecular weight excluding hydrogens is 322 g/mol. The molecule has 1 aromatic carbocycles. The number of nitrogens with two attached hydrogens (primary N) is 1. The molecule has 0 radical (unpaired) electrons. The van der Waals surface area contributed by atoms with Crippen molar-refractivity contribution in [1.29, 1.82) is 0 Å². The third-order valence-electron chi connectivity index (χ3n) is 2.85. The molecule has 5 heteroatoms. The highest BCUT2D eigenvalue weighted by Crippen LogP contribution is 2.24. The number of thioether (sulfide) groups is 1. The van der Waals surface area contributed by atoms with Gasteiger partial charge in [-0.15, -0.1) is 11.8 Å². The molecule has 0 saturated carbocycles. The number of anilines is 1. The Hall–Kier alpha value is -1.07. The van der Waals surface area contributed by atoms with Gasteiger partial charge in [-0.25, -0.2) is 9.97 Å². The van der Waals surface area contributed by atoms with Crippen molar-refractivity contribution in [3.05, 3.63) is 45.8 Å². The van der Waals surface area contributed by atoms with Gasteiger partial charge in [-0.2, -0.15) is 0 Å². The maximum absolute atomic E-state index is 5.92. The molecule has 19 heavy (non-hydrogen) atoms. The van der Waals surface area contributed by atoms with E-state index < -0.39 is 0 Å². The first kappa shape index (κ1) is 14.3. The van der Waals surface area contributed by atoms with Crippen molar-refractivity contribution in [3.8, 4) is 0 Å². The monoisotopic (exact) mass is 337 g/mol. The van der Waals surface area contributed by atoms with Gasteiger partial charge in [-0.1, -0.05) is 22.9 Å². The van der Waals surface area contributed by atoms with E-state index in [0.29, 0.717) is 5.82 Å². The summed E-state index contributed by atoms with van der Waals surface area (Å²) in [5.74, 6) is 2.13. The molecule has 0 aliphatic carbocycles. The molecule has 2 N–H and O–H groups in total. The van der Waals surface area contributed by atoms with Gasteiger partial charge in [-0.3, -0.25) is 0 Å². The summed E-state index contributed by atoms with van der Waals surface area (Å²) in [5, 5.41) is 0. The third-order valence-corrected chi connectivity index (χ3v) is 4.38. The molecular formula is C14H16BrN3S. The van der Waals surface area contributed by atoms with Crippen LogP contribution in [0.3, 0.4) is 0 Å². The van der Waals surface area contributed by atoms with Gasteiger partial charge in [0.2, 0.25) is 0 Å². The van der Waals surface area contributed by atoms with Crippen molar-refractivity contribution in [3.63, 3.8) is 0 Å². The van der Waals surface area contributed by atoms with Crippen LogP contribution < -0.4 is 5.73 Å². The van der Waals surface area contributed by atoms with Gasteiger partial charge in [0, 0.05) is 20.6 Å². The van der Waals surface area contributed by atoms with Crippen LogP contribution in [0.15, 0.2) is 33.6 Å². The quantitative estimate of drug-likeness (QED) is 0.857. The lowest BCUT2D eigenvalue weighted by atomic mass is 10.2. The fraction of sp³-hybridized carbons (Fsp3) is 0.286. The average molecular weight is 338 g/mol. The number of benzene rings is 1. The lowest BCUT2D eigenvalue weighted by Gasteiger charge is -2.08. The van der Waals surface area contributed by atoms with Crippen LogP contribution >= 0.6 is 27.7 Å². The molecule has 0 bridgehead atoms. The van der Waals surface area contributed by atoms with Gasteiger partial charge in [0.25, 0.3) is 0 Å². The highest BCUT2D eigenvalue weighted by Gasteiger charge is 2.07. The predicted octanol–water partition coefficient (Wildman–Crippen LogP) is 3.98. The zero-order valence-corrected chi connectivity index (χ0v) is 13.4. The summed E-state index contributed by atoms with van der Waals surface area (Å²) < 4.78 is 1.08. The van der Waals surface area contributed by atoms with Gasteiger partial charge >= 0.3 is 0 Å². The molecule has 0 fully saturated rings. The Morgan fingerprint density at radius 1 is 1.21 bits per heavy atom. The van der Waals surface area contributed by atoms with Crippen molar-refractivity contribution < 1.29 is 0 Å². The van der Waals surface area contributed by atoms with Crippen LogP contribution in [0.25, 0.3) is 0 Å². The van der Waals surface area contributed by atoms with Crippen molar-refractivity contribution in [2.24, 2.45) is 0 Å². The summed E-state index contributed by atoms with van der Waals surface area (Å²) in [6.07, 6.45) is 0.883. The molecule has 3 nitrogen and oxygen atoms in total. The minimum absolute atomic E-state index is 0.596. The van der Waals surface area contributed by atoms with E-state index in [1.165, 1.54) is 4.90 Å². The first-order valence-corrected chi connectivity index (χ1v) is 7.88. The second kappa shape index (κ2) is 6.39. The minimum Gasteiger partial charge on any atom is -0.383 e. The summed E-state index contributed by atoms with van der Waals surface area (Å²) in [6.45, 7) is 4.06.